The van der Waals surface area contributed by atoms with Crippen LogP contribution < -0.4 is 15.0 Å². The van der Waals surface area contributed by atoms with Gasteiger partial charge in [0.15, 0.2) is 11.6 Å². The summed E-state index contributed by atoms with van der Waals surface area (Å²) >= 11 is 6.10. The molecule has 0 saturated carbocycles. The van der Waals surface area contributed by atoms with Crippen LogP contribution in [0.2, 0.25) is 5.02 Å². The number of aromatic nitrogens is 3. The zero-order valence-electron chi connectivity index (χ0n) is 15.7. The van der Waals surface area contributed by atoms with Crippen molar-refractivity contribution in [2.45, 2.75) is 6.04 Å². The number of hydrogen-bond acceptors (Lipinski definition) is 6. The first-order chi connectivity index (χ1) is 14.5. The number of anilines is 1. The minimum absolute atomic E-state index is 0.0760. The van der Waals surface area contributed by atoms with Gasteiger partial charge in [-0.2, -0.15) is 0 Å². The van der Waals surface area contributed by atoms with Gasteiger partial charge in [-0.3, -0.25) is 14.5 Å². The first-order valence-electron chi connectivity index (χ1n) is 8.89. The lowest BCUT2D eigenvalue weighted by Gasteiger charge is -2.19. The summed E-state index contributed by atoms with van der Waals surface area (Å²) in [6.07, 6.45) is 2.75. The minimum atomic E-state index is -0.993. The van der Waals surface area contributed by atoms with Gasteiger partial charge in [-0.05, 0) is 24.3 Å². The molecule has 2 aromatic heterocycles. The van der Waals surface area contributed by atoms with Gasteiger partial charge in [-0.15, -0.1) is 0 Å². The number of amides is 2. The summed E-state index contributed by atoms with van der Waals surface area (Å²) < 4.78 is 19.8. The highest BCUT2D eigenvalue weighted by molar-refractivity contribution is 6.33. The van der Waals surface area contributed by atoms with Crippen LogP contribution in [0.5, 0.6) is 5.75 Å². The number of pyridine rings is 1. The highest BCUT2D eigenvalue weighted by Crippen LogP contribution is 2.28. The molecule has 2 amide bonds. The normalized spacial score (nSPS) is 15.8. The number of carbonyl (C=O) groups excluding carboxylic acids is 2. The Morgan fingerprint density at radius 2 is 2.07 bits per heavy atom. The number of carbonyl (C=O) groups is 2. The first kappa shape index (κ1) is 19.7. The quantitative estimate of drug-likeness (QED) is 0.689. The van der Waals surface area contributed by atoms with Crippen molar-refractivity contribution in [2.24, 2.45) is 0 Å². The van der Waals surface area contributed by atoms with E-state index in [1.807, 2.05) is 0 Å². The van der Waals surface area contributed by atoms with E-state index < -0.39 is 23.7 Å². The molecular formula is C20H15ClFN5O3. The molecule has 10 heteroatoms. The first-order valence-corrected chi connectivity index (χ1v) is 9.27. The van der Waals surface area contributed by atoms with Crippen molar-refractivity contribution in [3.05, 3.63) is 65.5 Å². The highest BCUT2D eigenvalue weighted by atomic mass is 35.5. The highest BCUT2D eigenvalue weighted by Gasteiger charge is 2.32. The van der Waals surface area contributed by atoms with Crippen molar-refractivity contribution in [2.75, 3.05) is 18.6 Å². The number of likely N-dealkylation sites (N-methyl/N-ethyl adjacent to an activating group) is 1. The topological polar surface area (TPSA) is 97.3 Å². The van der Waals surface area contributed by atoms with Crippen LogP contribution in [0.3, 0.4) is 0 Å². The standard InChI is InChI=1S/C20H15ClFN5O3/c1-27-18-15(7-4-8-23-18)30-10-14(20(27)29)25-19(28)17-24-9-12(21)16(26-17)11-5-2-3-6-13(11)22/h2-9,14H,10H2,1H3,(H,25,28). The Kier molecular flexibility index (Phi) is 5.28. The molecule has 1 aliphatic heterocycles. The van der Waals surface area contributed by atoms with Crippen molar-refractivity contribution in [3.63, 3.8) is 0 Å². The van der Waals surface area contributed by atoms with Gasteiger partial charge in [-0.1, -0.05) is 23.7 Å². The summed E-state index contributed by atoms with van der Waals surface area (Å²) in [5.74, 6) is -1.15. The van der Waals surface area contributed by atoms with Crippen LogP contribution in [0.1, 0.15) is 10.6 Å². The van der Waals surface area contributed by atoms with Gasteiger partial charge in [-0.25, -0.2) is 19.3 Å². The predicted molar refractivity (Wildman–Crippen MR) is 107 cm³/mol. The van der Waals surface area contributed by atoms with E-state index in [0.29, 0.717) is 11.6 Å². The molecule has 3 heterocycles. The molecular weight excluding hydrogens is 413 g/mol. The third-order valence-electron chi connectivity index (χ3n) is 4.48. The van der Waals surface area contributed by atoms with Crippen molar-refractivity contribution < 1.29 is 18.7 Å². The fraction of sp³-hybridized carbons (Fsp3) is 0.150. The van der Waals surface area contributed by atoms with Crippen LogP contribution in [0.25, 0.3) is 11.3 Å². The Hall–Kier alpha value is -3.59. The molecule has 8 nitrogen and oxygen atoms in total. The van der Waals surface area contributed by atoms with Gasteiger partial charge in [0.2, 0.25) is 5.82 Å². The van der Waals surface area contributed by atoms with E-state index in [2.05, 4.69) is 20.3 Å². The van der Waals surface area contributed by atoms with Crippen molar-refractivity contribution in [3.8, 4) is 17.0 Å². The molecule has 0 saturated heterocycles. The second-order valence-electron chi connectivity index (χ2n) is 6.43. The maximum absolute atomic E-state index is 14.1. The lowest BCUT2D eigenvalue weighted by atomic mass is 10.1. The van der Waals surface area contributed by atoms with E-state index in [-0.39, 0.29) is 28.7 Å². The molecule has 0 radical (unpaired) electrons. The maximum atomic E-state index is 14.1. The second kappa shape index (κ2) is 8.03. The third-order valence-corrected chi connectivity index (χ3v) is 4.76. The SMILES string of the molecule is CN1C(=O)C(NC(=O)c2ncc(Cl)c(-c3ccccc3F)n2)COc2cccnc21. The van der Waals surface area contributed by atoms with Crippen LogP contribution in [0.15, 0.2) is 48.8 Å². The van der Waals surface area contributed by atoms with E-state index in [1.54, 1.807) is 18.2 Å². The maximum Gasteiger partial charge on any atom is 0.289 e. The van der Waals surface area contributed by atoms with E-state index in [1.165, 1.54) is 42.5 Å². The molecule has 0 fully saturated rings. The third kappa shape index (κ3) is 3.67. The molecule has 1 N–H and O–H groups in total. The van der Waals surface area contributed by atoms with Crippen molar-refractivity contribution in [1.82, 2.24) is 20.3 Å². The van der Waals surface area contributed by atoms with Gasteiger partial charge >= 0.3 is 0 Å². The lowest BCUT2D eigenvalue weighted by molar-refractivity contribution is -0.120. The smallest absolute Gasteiger partial charge is 0.289 e. The molecule has 1 atom stereocenters. The van der Waals surface area contributed by atoms with E-state index in [4.69, 9.17) is 16.3 Å². The van der Waals surface area contributed by atoms with Crippen molar-refractivity contribution >= 4 is 29.2 Å². The van der Waals surface area contributed by atoms with Crippen LogP contribution in [0, 0.1) is 5.82 Å². The molecule has 1 aliphatic rings. The Morgan fingerprint density at radius 1 is 1.27 bits per heavy atom. The summed E-state index contributed by atoms with van der Waals surface area (Å²) in [6, 6.07) is 8.28. The molecule has 3 aromatic rings. The Balaban J connectivity index is 1.58. The van der Waals surface area contributed by atoms with Gasteiger partial charge < -0.3 is 10.1 Å². The number of halogens is 2. The predicted octanol–water partition coefficient (Wildman–Crippen LogP) is 2.48. The zero-order chi connectivity index (χ0) is 21.3. The average Bonchev–Trinajstić information content (AvgIpc) is 2.87. The Bertz CT molecular complexity index is 1140. The number of hydrogen-bond donors (Lipinski definition) is 1. The van der Waals surface area contributed by atoms with Gasteiger partial charge in [0, 0.05) is 18.8 Å². The zero-order valence-corrected chi connectivity index (χ0v) is 16.4. The van der Waals surface area contributed by atoms with E-state index >= 15 is 0 Å². The van der Waals surface area contributed by atoms with E-state index in [9.17, 15) is 14.0 Å². The number of fused-ring (bicyclic) bond motifs is 1. The Labute approximate surface area is 175 Å². The number of ether oxygens (including phenoxy) is 1. The molecule has 30 heavy (non-hydrogen) atoms. The van der Waals surface area contributed by atoms with Crippen LogP contribution in [-0.2, 0) is 4.79 Å². The average molecular weight is 428 g/mol. The van der Waals surface area contributed by atoms with Gasteiger partial charge in [0.1, 0.15) is 18.5 Å². The number of benzene rings is 1. The molecule has 152 valence electrons. The minimum Gasteiger partial charge on any atom is -0.487 e. The fourth-order valence-electron chi connectivity index (χ4n) is 2.97. The monoisotopic (exact) mass is 427 g/mol. The molecule has 0 aliphatic carbocycles. The summed E-state index contributed by atoms with van der Waals surface area (Å²) in [7, 11) is 1.54. The number of nitrogens with zero attached hydrogens (tertiary/aromatic N) is 4. The van der Waals surface area contributed by atoms with E-state index in [0.717, 1.165) is 0 Å². The lowest BCUT2D eigenvalue weighted by Crippen LogP contribution is -2.49. The van der Waals surface area contributed by atoms with Crippen LogP contribution >= 0.6 is 11.6 Å². The summed E-state index contributed by atoms with van der Waals surface area (Å²) in [6.45, 7) is -0.0959. The fourth-order valence-corrected chi connectivity index (χ4v) is 3.17. The second-order valence-corrected chi connectivity index (χ2v) is 6.84. The van der Waals surface area contributed by atoms with Crippen LogP contribution in [-0.4, -0.2) is 46.5 Å². The summed E-state index contributed by atoms with van der Waals surface area (Å²) in [4.78, 5) is 38.9. The Morgan fingerprint density at radius 3 is 2.87 bits per heavy atom. The molecule has 4 rings (SSSR count). The largest absolute Gasteiger partial charge is 0.487 e. The number of nitrogens with one attached hydrogen (secondary N) is 1. The summed E-state index contributed by atoms with van der Waals surface area (Å²) in [5, 5.41) is 2.65. The van der Waals surface area contributed by atoms with Crippen molar-refractivity contribution in [1.29, 1.82) is 0 Å². The van der Waals surface area contributed by atoms with Gasteiger partial charge in [0.25, 0.3) is 11.8 Å². The molecule has 0 spiro atoms. The molecule has 1 unspecified atom stereocenters. The molecule has 0 bridgehead atoms. The van der Waals surface area contributed by atoms with Crippen LogP contribution in [0.4, 0.5) is 10.2 Å². The molecule has 1 aromatic carbocycles. The number of rotatable bonds is 3. The summed E-state index contributed by atoms with van der Waals surface area (Å²) in [5.41, 5.74) is 0.209. The van der Waals surface area contributed by atoms with Gasteiger partial charge in [0.05, 0.1) is 16.9 Å².